The van der Waals surface area contributed by atoms with Gasteiger partial charge in [-0.3, -0.25) is 4.90 Å². The molecule has 0 radical (unpaired) electrons. The molecule has 2 heterocycles. The maximum Gasteiger partial charge on any atom is 0.278 e. The molecule has 0 saturated carbocycles. The Morgan fingerprint density at radius 2 is 2.33 bits per heavy atom. The van der Waals surface area contributed by atoms with Crippen LogP contribution in [0.3, 0.4) is 0 Å². The average Bonchev–Trinajstić information content (AvgIpc) is 2.97. The molecule has 0 unspecified atom stereocenters. The van der Waals surface area contributed by atoms with E-state index in [1.54, 1.807) is 16.8 Å². The number of hydrogen-bond acceptors (Lipinski definition) is 5. The molecule has 0 amide bonds. The van der Waals surface area contributed by atoms with E-state index in [9.17, 15) is 12.8 Å². The zero-order valence-electron chi connectivity index (χ0n) is 12.4. The molecule has 2 rings (SSSR count). The van der Waals surface area contributed by atoms with Crippen molar-refractivity contribution in [1.29, 1.82) is 0 Å². The van der Waals surface area contributed by atoms with Gasteiger partial charge in [-0.2, -0.15) is 12.7 Å². The van der Waals surface area contributed by atoms with Gasteiger partial charge in [0, 0.05) is 44.6 Å². The summed E-state index contributed by atoms with van der Waals surface area (Å²) in [4.78, 5) is 7.31. The Morgan fingerprint density at radius 1 is 1.62 bits per heavy atom. The topological polar surface area (TPSA) is 65.5 Å². The van der Waals surface area contributed by atoms with Crippen LogP contribution in [0.1, 0.15) is 17.0 Å². The van der Waals surface area contributed by atoms with Gasteiger partial charge in [-0.1, -0.05) is 0 Å². The summed E-state index contributed by atoms with van der Waals surface area (Å²) >= 11 is 1.55. The van der Waals surface area contributed by atoms with Crippen LogP contribution in [0.15, 0.2) is 5.51 Å². The van der Waals surface area contributed by atoms with Crippen LogP contribution in [0.25, 0.3) is 0 Å². The molecule has 1 aromatic heterocycles. The molecule has 9 heteroatoms. The minimum atomic E-state index is -3.47. The number of alkyl halides is 1. The third kappa shape index (κ3) is 3.98. The highest BCUT2D eigenvalue weighted by Gasteiger charge is 2.34. The highest BCUT2D eigenvalue weighted by atomic mass is 32.2. The number of rotatable bonds is 6. The van der Waals surface area contributed by atoms with Gasteiger partial charge in [0.25, 0.3) is 10.2 Å². The van der Waals surface area contributed by atoms with Crippen LogP contribution in [0.2, 0.25) is 0 Å². The molecule has 0 bridgehead atoms. The molecule has 1 saturated heterocycles. The lowest BCUT2D eigenvalue weighted by atomic mass is 10.2. The molecule has 2 atom stereocenters. The van der Waals surface area contributed by atoms with Crippen LogP contribution in [0.5, 0.6) is 0 Å². The van der Waals surface area contributed by atoms with Crippen molar-refractivity contribution in [2.75, 3.05) is 27.2 Å². The standard InChI is InChI=1S/C12H21FN4O2S2/c1-9-12(20-8-15-9)7-17-5-10(13)4-11(17)6-16(3)21(18,19)14-2/h8,10-11,14H,4-7H2,1-3H3/t10-,11-/m0/s1. The van der Waals surface area contributed by atoms with E-state index in [0.717, 1.165) is 10.6 Å². The summed E-state index contributed by atoms with van der Waals surface area (Å²) in [5.74, 6) is 0. The van der Waals surface area contributed by atoms with Crippen LogP contribution in [0, 0.1) is 6.92 Å². The quantitative estimate of drug-likeness (QED) is 0.833. The number of likely N-dealkylation sites (N-methyl/N-ethyl adjacent to an activating group) is 1. The van der Waals surface area contributed by atoms with Crippen LogP contribution >= 0.6 is 11.3 Å². The fraction of sp³-hybridized carbons (Fsp3) is 0.750. The second-order valence-corrected chi connectivity index (χ2v) is 8.19. The van der Waals surface area contributed by atoms with Crippen LogP contribution in [-0.4, -0.2) is 62.0 Å². The van der Waals surface area contributed by atoms with Gasteiger partial charge in [-0.25, -0.2) is 14.1 Å². The van der Waals surface area contributed by atoms with Crippen molar-refractivity contribution in [1.82, 2.24) is 18.9 Å². The first-order valence-electron chi connectivity index (χ1n) is 6.75. The van der Waals surface area contributed by atoms with E-state index < -0.39 is 16.4 Å². The summed E-state index contributed by atoms with van der Waals surface area (Å²) in [5.41, 5.74) is 2.73. The molecule has 1 N–H and O–H groups in total. The van der Waals surface area contributed by atoms with Gasteiger partial charge in [0.05, 0.1) is 11.2 Å². The average molecular weight is 336 g/mol. The van der Waals surface area contributed by atoms with E-state index >= 15 is 0 Å². The fourth-order valence-electron chi connectivity index (χ4n) is 2.52. The summed E-state index contributed by atoms with van der Waals surface area (Å²) in [6.07, 6.45) is -0.546. The van der Waals surface area contributed by atoms with Gasteiger partial charge < -0.3 is 0 Å². The van der Waals surface area contributed by atoms with E-state index in [2.05, 4.69) is 9.71 Å². The Kier molecular flexibility index (Phi) is 5.31. The largest absolute Gasteiger partial charge is 0.291 e. The predicted octanol–water partition coefficient (Wildman–Crippen LogP) is 0.760. The lowest BCUT2D eigenvalue weighted by Crippen LogP contribution is -2.44. The number of thiazole rings is 1. The van der Waals surface area contributed by atoms with Gasteiger partial charge in [0.15, 0.2) is 0 Å². The number of halogens is 1. The van der Waals surface area contributed by atoms with E-state index in [-0.39, 0.29) is 12.6 Å². The summed E-state index contributed by atoms with van der Waals surface area (Å²) < 4.78 is 40.7. The third-order valence-electron chi connectivity index (χ3n) is 3.80. The number of hydrogen-bond donors (Lipinski definition) is 1. The lowest BCUT2D eigenvalue weighted by Gasteiger charge is -2.27. The highest BCUT2D eigenvalue weighted by Crippen LogP contribution is 2.25. The van der Waals surface area contributed by atoms with Gasteiger partial charge in [-0.15, -0.1) is 11.3 Å². The van der Waals surface area contributed by atoms with E-state index in [1.807, 2.05) is 11.8 Å². The predicted molar refractivity (Wildman–Crippen MR) is 81.2 cm³/mol. The summed E-state index contributed by atoms with van der Waals surface area (Å²) in [6.45, 7) is 3.17. The molecular weight excluding hydrogens is 315 g/mol. The van der Waals surface area contributed by atoms with Crippen molar-refractivity contribution in [3.63, 3.8) is 0 Å². The molecule has 1 aliphatic rings. The number of nitrogens with zero attached hydrogens (tertiary/aromatic N) is 3. The zero-order valence-corrected chi connectivity index (χ0v) is 14.0. The molecule has 6 nitrogen and oxygen atoms in total. The highest BCUT2D eigenvalue weighted by molar-refractivity contribution is 7.87. The van der Waals surface area contributed by atoms with Gasteiger partial charge in [0.2, 0.25) is 0 Å². The van der Waals surface area contributed by atoms with Crippen molar-refractivity contribution < 1.29 is 12.8 Å². The maximum atomic E-state index is 13.7. The van der Waals surface area contributed by atoms with Crippen LogP contribution < -0.4 is 4.72 Å². The Labute approximate surface area is 129 Å². The number of aryl methyl sites for hydroxylation is 1. The number of aromatic nitrogens is 1. The minimum Gasteiger partial charge on any atom is -0.291 e. The van der Waals surface area contributed by atoms with Gasteiger partial charge in [0.1, 0.15) is 6.17 Å². The smallest absolute Gasteiger partial charge is 0.278 e. The molecule has 120 valence electrons. The maximum absolute atomic E-state index is 13.7. The van der Waals surface area contributed by atoms with Crippen molar-refractivity contribution in [3.8, 4) is 0 Å². The summed E-state index contributed by atoms with van der Waals surface area (Å²) in [7, 11) is -0.593. The van der Waals surface area contributed by atoms with E-state index in [0.29, 0.717) is 19.5 Å². The van der Waals surface area contributed by atoms with E-state index in [4.69, 9.17) is 0 Å². The molecular formula is C12H21FN4O2S2. The van der Waals surface area contributed by atoms with Crippen LogP contribution in [-0.2, 0) is 16.8 Å². The Morgan fingerprint density at radius 3 is 2.90 bits per heavy atom. The van der Waals surface area contributed by atoms with Gasteiger partial charge in [-0.05, 0) is 13.3 Å². The minimum absolute atomic E-state index is 0.116. The first kappa shape index (κ1) is 16.8. The Balaban J connectivity index is 2.05. The molecule has 0 aromatic carbocycles. The zero-order chi connectivity index (χ0) is 15.6. The first-order chi connectivity index (χ1) is 9.83. The Bertz CT molecular complexity index is 578. The lowest BCUT2D eigenvalue weighted by molar-refractivity contribution is 0.215. The summed E-state index contributed by atoms with van der Waals surface area (Å²) in [6, 6.07) is -0.116. The number of nitrogens with one attached hydrogen (secondary N) is 1. The Hall–Kier alpha value is -0.610. The second-order valence-electron chi connectivity index (χ2n) is 5.27. The van der Waals surface area contributed by atoms with Crippen molar-refractivity contribution in [2.45, 2.75) is 32.1 Å². The van der Waals surface area contributed by atoms with Crippen molar-refractivity contribution in [2.24, 2.45) is 0 Å². The normalized spacial score (nSPS) is 24.0. The molecule has 21 heavy (non-hydrogen) atoms. The molecule has 1 fully saturated rings. The molecule has 0 aliphatic carbocycles. The number of likely N-dealkylation sites (tertiary alicyclic amines) is 1. The SMILES string of the molecule is CNS(=O)(=O)N(C)C[C@@H]1C[C@H](F)CN1Cc1scnc1C. The molecule has 1 aliphatic heterocycles. The van der Waals surface area contributed by atoms with Crippen LogP contribution in [0.4, 0.5) is 4.39 Å². The molecule has 0 spiro atoms. The fourth-order valence-corrected chi connectivity index (χ4v) is 4.00. The van der Waals surface area contributed by atoms with E-state index in [1.165, 1.54) is 18.4 Å². The molecule has 1 aromatic rings. The van der Waals surface area contributed by atoms with Crippen molar-refractivity contribution >= 4 is 21.5 Å². The monoisotopic (exact) mass is 336 g/mol. The first-order valence-corrected chi connectivity index (χ1v) is 9.07. The summed E-state index contributed by atoms with van der Waals surface area (Å²) in [5, 5.41) is 0. The van der Waals surface area contributed by atoms with Crippen molar-refractivity contribution in [3.05, 3.63) is 16.1 Å². The van der Waals surface area contributed by atoms with Gasteiger partial charge >= 0.3 is 0 Å². The third-order valence-corrected chi connectivity index (χ3v) is 6.21. The second kappa shape index (κ2) is 6.66.